The zero-order valence-electron chi connectivity index (χ0n) is 9.02. The molecule has 0 radical (unpaired) electrons. The van der Waals surface area contributed by atoms with Crippen molar-refractivity contribution in [2.45, 2.75) is 31.4 Å². The lowest BCUT2D eigenvalue weighted by molar-refractivity contribution is -0.122. The van der Waals surface area contributed by atoms with Crippen molar-refractivity contribution in [2.75, 3.05) is 5.73 Å². The monoisotopic (exact) mass is 220 g/mol. The Morgan fingerprint density at radius 2 is 2.00 bits per heavy atom. The number of hydrogen-bond acceptors (Lipinski definition) is 3. The molecule has 1 saturated carbocycles. The van der Waals surface area contributed by atoms with Crippen LogP contribution >= 0.6 is 0 Å². The zero-order valence-corrected chi connectivity index (χ0v) is 9.02. The Labute approximate surface area is 94.5 Å². The van der Waals surface area contributed by atoms with Crippen molar-refractivity contribution in [1.82, 2.24) is 5.32 Å². The van der Waals surface area contributed by atoms with Gasteiger partial charge in [-0.2, -0.15) is 0 Å². The minimum Gasteiger partial charge on any atom is -0.399 e. The van der Waals surface area contributed by atoms with Crippen molar-refractivity contribution in [1.29, 1.82) is 0 Å². The van der Waals surface area contributed by atoms with Crippen LogP contribution in [-0.4, -0.2) is 23.2 Å². The minimum atomic E-state index is -0.234. The third kappa shape index (κ3) is 2.73. The Morgan fingerprint density at radius 3 is 2.56 bits per heavy atom. The lowest BCUT2D eigenvalue weighted by Gasteiger charge is -2.31. The van der Waals surface area contributed by atoms with Gasteiger partial charge in [0.15, 0.2) is 0 Å². The summed E-state index contributed by atoms with van der Waals surface area (Å²) >= 11 is 0. The first-order valence-corrected chi connectivity index (χ1v) is 5.45. The largest absolute Gasteiger partial charge is 0.399 e. The average Bonchev–Trinajstić information content (AvgIpc) is 2.19. The molecule has 0 atom stereocenters. The van der Waals surface area contributed by atoms with Gasteiger partial charge >= 0.3 is 0 Å². The van der Waals surface area contributed by atoms with Crippen LogP contribution in [0.3, 0.4) is 0 Å². The second-order valence-electron chi connectivity index (χ2n) is 4.31. The van der Waals surface area contributed by atoms with Gasteiger partial charge in [-0.1, -0.05) is 12.1 Å². The SMILES string of the molecule is Nc1ccc(CC(=O)NC2CC(O)C2)cc1. The van der Waals surface area contributed by atoms with E-state index < -0.39 is 0 Å². The Kier molecular flexibility index (Phi) is 3.10. The van der Waals surface area contributed by atoms with E-state index in [1.165, 1.54) is 0 Å². The molecule has 0 aromatic heterocycles. The van der Waals surface area contributed by atoms with E-state index in [9.17, 15) is 4.79 Å². The number of benzene rings is 1. The first-order chi connectivity index (χ1) is 7.63. The third-order valence-electron chi connectivity index (χ3n) is 2.82. The van der Waals surface area contributed by atoms with Crippen LogP contribution < -0.4 is 11.1 Å². The number of nitrogen functional groups attached to an aromatic ring is 1. The molecule has 1 amide bonds. The van der Waals surface area contributed by atoms with Crippen LogP contribution in [0.4, 0.5) is 5.69 Å². The highest BCUT2D eigenvalue weighted by Crippen LogP contribution is 2.19. The van der Waals surface area contributed by atoms with Crippen LogP contribution in [0, 0.1) is 0 Å². The molecule has 4 heteroatoms. The molecular formula is C12H16N2O2. The molecule has 1 aliphatic rings. The Morgan fingerprint density at radius 1 is 1.38 bits per heavy atom. The second-order valence-corrected chi connectivity index (χ2v) is 4.31. The number of amides is 1. The lowest BCUT2D eigenvalue weighted by atomic mass is 9.89. The quantitative estimate of drug-likeness (QED) is 0.647. The molecule has 1 fully saturated rings. The molecule has 0 unspecified atom stereocenters. The molecule has 1 aliphatic carbocycles. The average molecular weight is 220 g/mol. The Balaban J connectivity index is 1.80. The fourth-order valence-electron chi connectivity index (χ4n) is 1.81. The number of aliphatic hydroxyl groups excluding tert-OH is 1. The molecule has 1 aromatic carbocycles. The molecule has 0 aliphatic heterocycles. The predicted molar refractivity (Wildman–Crippen MR) is 61.7 cm³/mol. The van der Waals surface area contributed by atoms with Gasteiger partial charge in [0.2, 0.25) is 5.91 Å². The lowest BCUT2D eigenvalue weighted by Crippen LogP contribution is -2.47. The molecule has 1 aromatic rings. The van der Waals surface area contributed by atoms with E-state index in [0.29, 0.717) is 24.9 Å². The van der Waals surface area contributed by atoms with E-state index in [-0.39, 0.29) is 18.1 Å². The highest BCUT2D eigenvalue weighted by Gasteiger charge is 2.28. The van der Waals surface area contributed by atoms with Gasteiger partial charge in [-0.25, -0.2) is 0 Å². The van der Waals surface area contributed by atoms with E-state index in [2.05, 4.69) is 5.32 Å². The van der Waals surface area contributed by atoms with Gasteiger partial charge < -0.3 is 16.2 Å². The summed E-state index contributed by atoms with van der Waals surface area (Å²) < 4.78 is 0. The second kappa shape index (κ2) is 4.53. The number of carbonyl (C=O) groups is 1. The van der Waals surface area contributed by atoms with Crippen molar-refractivity contribution in [3.63, 3.8) is 0 Å². The molecular weight excluding hydrogens is 204 g/mol. The minimum absolute atomic E-state index is 0.00155. The van der Waals surface area contributed by atoms with Gasteiger partial charge in [0.05, 0.1) is 12.5 Å². The van der Waals surface area contributed by atoms with Gasteiger partial charge in [-0.05, 0) is 30.5 Å². The van der Waals surface area contributed by atoms with Crippen LogP contribution in [0.1, 0.15) is 18.4 Å². The number of nitrogens with one attached hydrogen (secondary N) is 1. The normalized spacial score (nSPS) is 23.6. The van der Waals surface area contributed by atoms with Crippen LogP contribution in [0.15, 0.2) is 24.3 Å². The molecule has 16 heavy (non-hydrogen) atoms. The van der Waals surface area contributed by atoms with Crippen LogP contribution in [0.25, 0.3) is 0 Å². The van der Waals surface area contributed by atoms with Crippen LogP contribution in [0.5, 0.6) is 0 Å². The van der Waals surface area contributed by atoms with Gasteiger partial charge in [-0.15, -0.1) is 0 Å². The van der Waals surface area contributed by atoms with Crippen molar-refractivity contribution < 1.29 is 9.90 Å². The molecule has 0 heterocycles. The predicted octanol–water partition coefficient (Wildman–Crippen LogP) is 0.451. The van der Waals surface area contributed by atoms with Crippen molar-refractivity contribution in [3.8, 4) is 0 Å². The van der Waals surface area contributed by atoms with Crippen molar-refractivity contribution >= 4 is 11.6 Å². The highest BCUT2D eigenvalue weighted by atomic mass is 16.3. The van der Waals surface area contributed by atoms with E-state index in [0.717, 1.165) is 5.56 Å². The maximum absolute atomic E-state index is 11.6. The third-order valence-corrected chi connectivity index (χ3v) is 2.82. The smallest absolute Gasteiger partial charge is 0.224 e. The molecule has 4 N–H and O–H groups in total. The highest BCUT2D eigenvalue weighted by molar-refractivity contribution is 5.79. The maximum Gasteiger partial charge on any atom is 0.224 e. The number of hydrogen-bond donors (Lipinski definition) is 3. The van der Waals surface area contributed by atoms with Crippen molar-refractivity contribution in [2.24, 2.45) is 0 Å². The topological polar surface area (TPSA) is 75.4 Å². The summed E-state index contributed by atoms with van der Waals surface area (Å²) in [6.07, 6.45) is 1.48. The molecule has 2 rings (SSSR count). The van der Waals surface area contributed by atoms with Gasteiger partial charge in [0, 0.05) is 11.7 Å². The van der Waals surface area contributed by atoms with Crippen LogP contribution in [-0.2, 0) is 11.2 Å². The number of aliphatic hydroxyl groups is 1. The zero-order chi connectivity index (χ0) is 11.5. The van der Waals surface area contributed by atoms with E-state index in [1.54, 1.807) is 12.1 Å². The van der Waals surface area contributed by atoms with E-state index in [1.807, 2.05) is 12.1 Å². The van der Waals surface area contributed by atoms with Gasteiger partial charge in [0.1, 0.15) is 0 Å². The number of carbonyl (C=O) groups excluding carboxylic acids is 1. The molecule has 86 valence electrons. The fraction of sp³-hybridized carbons (Fsp3) is 0.417. The van der Waals surface area contributed by atoms with Gasteiger partial charge in [-0.3, -0.25) is 4.79 Å². The molecule has 0 spiro atoms. The number of rotatable bonds is 3. The first-order valence-electron chi connectivity index (χ1n) is 5.45. The summed E-state index contributed by atoms with van der Waals surface area (Å²) in [5.41, 5.74) is 7.21. The first kappa shape index (κ1) is 11.0. The summed E-state index contributed by atoms with van der Waals surface area (Å²) in [4.78, 5) is 11.6. The fourth-order valence-corrected chi connectivity index (χ4v) is 1.81. The summed E-state index contributed by atoms with van der Waals surface area (Å²) in [5, 5.41) is 12.0. The number of nitrogens with two attached hydrogens (primary N) is 1. The summed E-state index contributed by atoms with van der Waals surface area (Å²) in [6.45, 7) is 0. The summed E-state index contributed by atoms with van der Waals surface area (Å²) in [7, 11) is 0. The van der Waals surface area contributed by atoms with Crippen LogP contribution in [0.2, 0.25) is 0 Å². The van der Waals surface area contributed by atoms with E-state index >= 15 is 0 Å². The van der Waals surface area contributed by atoms with Gasteiger partial charge in [0.25, 0.3) is 0 Å². The Bertz CT molecular complexity index is 369. The summed E-state index contributed by atoms with van der Waals surface area (Å²) in [6, 6.07) is 7.43. The maximum atomic E-state index is 11.6. The standard InChI is InChI=1S/C12H16N2O2/c13-9-3-1-8(2-4-9)5-12(16)14-10-6-11(15)7-10/h1-4,10-11,15H,5-7,13H2,(H,14,16). The number of anilines is 1. The molecule has 4 nitrogen and oxygen atoms in total. The summed E-state index contributed by atoms with van der Waals surface area (Å²) in [5.74, 6) is 0.00155. The Hall–Kier alpha value is -1.55. The van der Waals surface area contributed by atoms with E-state index in [4.69, 9.17) is 10.8 Å². The molecule has 0 saturated heterocycles. The molecule has 0 bridgehead atoms. The van der Waals surface area contributed by atoms with Crippen molar-refractivity contribution in [3.05, 3.63) is 29.8 Å².